The Labute approximate surface area is 121 Å². The quantitative estimate of drug-likeness (QED) is 0.893. The monoisotopic (exact) mass is 272 g/mol. The van der Waals surface area contributed by atoms with Gasteiger partial charge in [-0.3, -0.25) is 4.79 Å². The first-order valence-electron chi connectivity index (χ1n) is 7.90. The molecule has 1 saturated heterocycles. The second-order valence-electron chi connectivity index (χ2n) is 6.00. The fourth-order valence-corrected chi connectivity index (χ4v) is 3.32. The predicted octanol–water partition coefficient (Wildman–Crippen LogP) is 2.53. The largest absolute Gasteiger partial charge is 0.338 e. The molecule has 2 aliphatic rings. The maximum Gasteiger partial charge on any atom is 0.239 e. The van der Waals surface area contributed by atoms with Crippen LogP contribution in [0.3, 0.4) is 0 Å². The van der Waals surface area contributed by atoms with E-state index in [0.29, 0.717) is 17.9 Å². The topological polar surface area (TPSA) is 32.3 Å². The van der Waals surface area contributed by atoms with Gasteiger partial charge in [-0.2, -0.15) is 0 Å². The number of likely N-dealkylation sites (tertiary alicyclic amines) is 1. The van der Waals surface area contributed by atoms with Crippen molar-refractivity contribution in [1.29, 1.82) is 0 Å². The van der Waals surface area contributed by atoms with Crippen molar-refractivity contribution in [2.75, 3.05) is 13.1 Å². The highest BCUT2D eigenvalue weighted by atomic mass is 16.2. The highest BCUT2D eigenvalue weighted by Gasteiger charge is 2.46. The minimum absolute atomic E-state index is 0.0562. The second kappa shape index (κ2) is 5.96. The zero-order chi connectivity index (χ0) is 13.9. The summed E-state index contributed by atoms with van der Waals surface area (Å²) in [7, 11) is 0. The van der Waals surface area contributed by atoms with Crippen molar-refractivity contribution in [3.8, 4) is 0 Å². The van der Waals surface area contributed by atoms with Crippen LogP contribution in [0.1, 0.15) is 44.1 Å². The Morgan fingerprint density at radius 1 is 1.30 bits per heavy atom. The highest BCUT2D eigenvalue weighted by molar-refractivity contribution is 5.83. The molecule has 20 heavy (non-hydrogen) atoms. The van der Waals surface area contributed by atoms with E-state index < -0.39 is 0 Å². The van der Waals surface area contributed by atoms with E-state index in [4.69, 9.17) is 0 Å². The molecule has 0 spiro atoms. The predicted molar refractivity (Wildman–Crippen MR) is 80.6 cm³/mol. The summed E-state index contributed by atoms with van der Waals surface area (Å²) in [6.45, 7) is 4.03. The molecule has 1 aromatic carbocycles. The van der Waals surface area contributed by atoms with Crippen molar-refractivity contribution in [2.45, 2.75) is 50.6 Å². The minimum atomic E-state index is 0.0562. The van der Waals surface area contributed by atoms with Crippen molar-refractivity contribution in [3.63, 3.8) is 0 Å². The molecule has 1 aliphatic heterocycles. The Hall–Kier alpha value is -1.35. The summed E-state index contributed by atoms with van der Waals surface area (Å²) < 4.78 is 0. The van der Waals surface area contributed by atoms with Gasteiger partial charge in [0.25, 0.3) is 0 Å². The summed E-state index contributed by atoms with van der Waals surface area (Å²) in [6, 6.07) is 11.1. The van der Waals surface area contributed by atoms with Crippen LogP contribution < -0.4 is 5.32 Å². The number of amides is 1. The number of rotatable bonds is 5. The van der Waals surface area contributed by atoms with E-state index in [9.17, 15) is 4.79 Å². The molecule has 0 bridgehead atoms. The van der Waals surface area contributed by atoms with Crippen molar-refractivity contribution in [1.82, 2.24) is 10.2 Å². The van der Waals surface area contributed by atoms with Gasteiger partial charge in [-0.1, -0.05) is 37.3 Å². The van der Waals surface area contributed by atoms with Gasteiger partial charge in [0.2, 0.25) is 5.91 Å². The lowest BCUT2D eigenvalue weighted by atomic mass is 10.0. The van der Waals surface area contributed by atoms with Crippen LogP contribution in [0.4, 0.5) is 0 Å². The molecule has 1 amide bonds. The molecule has 3 atom stereocenters. The van der Waals surface area contributed by atoms with E-state index in [0.717, 1.165) is 38.8 Å². The first-order valence-corrected chi connectivity index (χ1v) is 7.90. The number of benzene rings is 1. The van der Waals surface area contributed by atoms with Gasteiger partial charge in [0.05, 0.1) is 6.04 Å². The molecule has 1 heterocycles. The molecule has 1 aromatic rings. The zero-order valence-corrected chi connectivity index (χ0v) is 12.2. The van der Waals surface area contributed by atoms with Gasteiger partial charge in [-0.25, -0.2) is 0 Å². The standard InChI is InChI=1S/C17H24N2O/c1-2-10-18-15-9-6-11-19(17(15)20)16-12-14(16)13-7-4-3-5-8-13/h3-5,7-8,14-16,18H,2,6,9-12H2,1H3. The van der Waals surface area contributed by atoms with Crippen LogP contribution in [0.25, 0.3) is 0 Å². The number of hydrogen-bond acceptors (Lipinski definition) is 2. The average Bonchev–Trinajstić information content (AvgIpc) is 3.27. The molecule has 0 aromatic heterocycles. The fraction of sp³-hybridized carbons (Fsp3) is 0.588. The number of nitrogens with zero attached hydrogens (tertiary/aromatic N) is 1. The minimum Gasteiger partial charge on any atom is -0.338 e. The van der Waals surface area contributed by atoms with Crippen LogP contribution in [0.15, 0.2) is 30.3 Å². The maximum absolute atomic E-state index is 12.6. The third-order valence-electron chi connectivity index (χ3n) is 4.50. The third kappa shape index (κ3) is 2.73. The molecular formula is C17H24N2O. The lowest BCUT2D eigenvalue weighted by Gasteiger charge is -2.33. The molecule has 3 rings (SSSR count). The Bertz CT molecular complexity index is 459. The van der Waals surface area contributed by atoms with Crippen LogP contribution >= 0.6 is 0 Å². The molecular weight excluding hydrogens is 248 g/mol. The lowest BCUT2D eigenvalue weighted by molar-refractivity contribution is -0.136. The van der Waals surface area contributed by atoms with Crippen molar-refractivity contribution in [2.24, 2.45) is 0 Å². The van der Waals surface area contributed by atoms with Crippen molar-refractivity contribution >= 4 is 5.91 Å². The Kier molecular flexibility index (Phi) is 4.06. The van der Waals surface area contributed by atoms with E-state index in [-0.39, 0.29) is 6.04 Å². The highest BCUT2D eigenvalue weighted by Crippen LogP contribution is 2.45. The summed E-state index contributed by atoms with van der Waals surface area (Å²) >= 11 is 0. The second-order valence-corrected chi connectivity index (χ2v) is 6.00. The third-order valence-corrected chi connectivity index (χ3v) is 4.50. The van der Waals surface area contributed by atoms with Gasteiger partial charge in [0.15, 0.2) is 0 Å². The van der Waals surface area contributed by atoms with Gasteiger partial charge >= 0.3 is 0 Å². The molecule has 108 valence electrons. The van der Waals surface area contributed by atoms with Gasteiger partial charge in [0.1, 0.15) is 0 Å². The zero-order valence-electron chi connectivity index (χ0n) is 12.2. The van der Waals surface area contributed by atoms with E-state index in [1.165, 1.54) is 5.56 Å². The number of nitrogens with one attached hydrogen (secondary N) is 1. The fourth-order valence-electron chi connectivity index (χ4n) is 3.32. The molecule has 2 fully saturated rings. The van der Waals surface area contributed by atoms with Crippen LogP contribution in [0.2, 0.25) is 0 Å². The van der Waals surface area contributed by atoms with Crippen LogP contribution in [0.5, 0.6) is 0 Å². The summed E-state index contributed by atoms with van der Waals surface area (Å²) in [5.74, 6) is 0.887. The van der Waals surface area contributed by atoms with Gasteiger partial charge in [0, 0.05) is 18.5 Å². The summed E-state index contributed by atoms with van der Waals surface area (Å²) in [4.78, 5) is 14.7. The van der Waals surface area contributed by atoms with Crippen molar-refractivity contribution in [3.05, 3.63) is 35.9 Å². The molecule has 0 radical (unpaired) electrons. The summed E-state index contributed by atoms with van der Waals surface area (Å²) in [5.41, 5.74) is 1.38. The Morgan fingerprint density at radius 3 is 2.85 bits per heavy atom. The van der Waals surface area contributed by atoms with Crippen LogP contribution in [-0.2, 0) is 4.79 Å². The van der Waals surface area contributed by atoms with Crippen LogP contribution in [-0.4, -0.2) is 36.0 Å². The average molecular weight is 272 g/mol. The smallest absolute Gasteiger partial charge is 0.239 e. The molecule has 3 nitrogen and oxygen atoms in total. The van der Waals surface area contributed by atoms with E-state index in [2.05, 4.69) is 47.5 Å². The Balaban J connectivity index is 1.62. The first kappa shape index (κ1) is 13.6. The molecule has 1 aliphatic carbocycles. The molecule has 1 saturated carbocycles. The summed E-state index contributed by atoms with van der Waals surface area (Å²) in [5, 5.41) is 3.40. The van der Waals surface area contributed by atoms with Crippen LogP contribution in [0, 0.1) is 0 Å². The van der Waals surface area contributed by atoms with Crippen molar-refractivity contribution < 1.29 is 4.79 Å². The van der Waals surface area contributed by atoms with E-state index in [1.54, 1.807) is 0 Å². The molecule has 3 unspecified atom stereocenters. The van der Waals surface area contributed by atoms with Gasteiger partial charge in [-0.15, -0.1) is 0 Å². The maximum atomic E-state index is 12.6. The van der Waals surface area contributed by atoms with E-state index >= 15 is 0 Å². The number of carbonyl (C=O) groups excluding carboxylic acids is 1. The lowest BCUT2D eigenvalue weighted by Crippen LogP contribution is -2.51. The number of carbonyl (C=O) groups is 1. The first-order chi connectivity index (χ1) is 9.81. The SMILES string of the molecule is CCCNC1CCCN(C2CC2c2ccccc2)C1=O. The van der Waals surface area contributed by atoms with Gasteiger partial charge in [-0.05, 0) is 37.8 Å². The Morgan fingerprint density at radius 2 is 2.10 bits per heavy atom. The van der Waals surface area contributed by atoms with E-state index in [1.807, 2.05) is 0 Å². The van der Waals surface area contributed by atoms with Gasteiger partial charge < -0.3 is 10.2 Å². The normalized spacial score (nSPS) is 29.6. The number of piperidine rings is 1. The molecule has 3 heteroatoms. The summed E-state index contributed by atoms with van der Waals surface area (Å²) in [6.07, 6.45) is 4.35. The molecule has 1 N–H and O–H groups in total. The number of hydrogen-bond donors (Lipinski definition) is 1.